The van der Waals surface area contributed by atoms with Crippen molar-refractivity contribution in [1.29, 1.82) is 0 Å². The molecule has 0 aliphatic carbocycles. The summed E-state index contributed by atoms with van der Waals surface area (Å²) < 4.78 is 5.82. The van der Waals surface area contributed by atoms with Gasteiger partial charge in [-0.15, -0.1) is 0 Å². The number of benzene rings is 2. The number of nitrogens with one attached hydrogen (secondary N) is 1. The van der Waals surface area contributed by atoms with E-state index in [1.54, 1.807) is 6.92 Å². The molecule has 0 aliphatic heterocycles. The Morgan fingerprint density at radius 3 is 2.58 bits per heavy atom. The van der Waals surface area contributed by atoms with Crippen LogP contribution in [0.25, 0.3) is 10.8 Å². The standard InChI is InChI=1S/C21H29NO2/c1-4-6-9-17(5-2)15-22-21(23)16(3)24-20-13-12-18-10-7-8-11-19(18)14-20/h7-8,10-14,16-17H,4-6,9,15H2,1-3H3,(H,22,23)/t16-,17-/m1/s1. The number of rotatable bonds is 9. The second kappa shape index (κ2) is 9.31. The minimum absolute atomic E-state index is 0.0434. The van der Waals surface area contributed by atoms with Crippen molar-refractivity contribution in [1.82, 2.24) is 5.32 Å². The van der Waals surface area contributed by atoms with Gasteiger partial charge in [0.1, 0.15) is 5.75 Å². The van der Waals surface area contributed by atoms with Crippen molar-refractivity contribution in [3.63, 3.8) is 0 Å². The molecule has 0 aromatic heterocycles. The Morgan fingerprint density at radius 1 is 1.12 bits per heavy atom. The van der Waals surface area contributed by atoms with E-state index in [2.05, 4.69) is 25.2 Å². The Morgan fingerprint density at radius 2 is 1.88 bits per heavy atom. The molecule has 0 bridgehead atoms. The van der Waals surface area contributed by atoms with Crippen molar-refractivity contribution >= 4 is 16.7 Å². The van der Waals surface area contributed by atoms with Crippen LogP contribution < -0.4 is 10.1 Å². The fraction of sp³-hybridized carbons (Fsp3) is 0.476. The van der Waals surface area contributed by atoms with E-state index in [1.807, 2.05) is 36.4 Å². The van der Waals surface area contributed by atoms with Gasteiger partial charge in [0.15, 0.2) is 6.10 Å². The highest BCUT2D eigenvalue weighted by atomic mass is 16.5. The summed E-state index contributed by atoms with van der Waals surface area (Å²) in [5.74, 6) is 1.24. The quantitative estimate of drug-likeness (QED) is 0.708. The van der Waals surface area contributed by atoms with Gasteiger partial charge in [0.25, 0.3) is 5.91 Å². The van der Waals surface area contributed by atoms with E-state index in [-0.39, 0.29) is 5.91 Å². The van der Waals surface area contributed by atoms with Crippen molar-refractivity contribution in [2.75, 3.05) is 6.54 Å². The Kier molecular flexibility index (Phi) is 7.10. The number of hydrogen-bond donors (Lipinski definition) is 1. The maximum Gasteiger partial charge on any atom is 0.260 e. The molecular formula is C21H29NO2. The molecular weight excluding hydrogens is 298 g/mol. The molecule has 0 saturated carbocycles. The van der Waals surface area contributed by atoms with Gasteiger partial charge >= 0.3 is 0 Å². The minimum atomic E-state index is -0.491. The fourth-order valence-electron chi connectivity index (χ4n) is 2.83. The van der Waals surface area contributed by atoms with Crippen LogP contribution in [0.1, 0.15) is 46.5 Å². The largest absolute Gasteiger partial charge is 0.481 e. The Labute approximate surface area is 145 Å². The lowest BCUT2D eigenvalue weighted by molar-refractivity contribution is -0.127. The Bertz CT molecular complexity index is 653. The van der Waals surface area contributed by atoms with Crippen LogP contribution >= 0.6 is 0 Å². The van der Waals surface area contributed by atoms with Crippen LogP contribution in [0.4, 0.5) is 0 Å². The molecule has 0 heterocycles. The highest BCUT2D eigenvalue weighted by Gasteiger charge is 2.16. The fourth-order valence-corrected chi connectivity index (χ4v) is 2.83. The van der Waals surface area contributed by atoms with Crippen molar-refractivity contribution in [3.05, 3.63) is 42.5 Å². The van der Waals surface area contributed by atoms with E-state index < -0.39 is 6.10 Å². The maximum atomic E-state index is 12.3. The van der Waals surface area contributed by atoms with E-state index in [9.17, 15) is 4.79 Å². The van der Waals surface area contributed by atoms with Crippen LogP contribution in [-0.2, 0) is 4.79 Å². The Hall–Kier alpha value is -2.03. The van der Waals surface area contributed by atoms with Crippen molar-refractivity contribution in [3.8, 4) is 5.75 Å². The molecule has 0 spiro atoms. The SMILES string of the molecule is CCCC[C@@H](CC)CNC(=O)[C@@H](C)Oc1ccc2ccccc2c1. The van der Waals surface area contributed by atoms with Crippen LogP contribution in [0.3, 0.4) is 0 Å². The summed E-state index contributed by atoms with van der Waals surface area (Å²) in [6.45, 7) is 6.92. The third kappa shape index (κ3) is 5.26. The molecule has 1 N–H and O–H groups in total. The van der Waals surface area contributed by atoms with Gasteiger partial charge in [-0.25, -0.2) is 0 Å². The zero-order valence-electron chi connectivity index (χ0n) is 15.0. The summed E-state index contributed by atoms with van der Waals surface area (Å²) in [5.41, 5.74) is 0. The van der Waals surface area contributed by atoms with Gasteiger partial charge in [-0.05, 0) is 42.2 Å². The van der Waals surface area contributed by atoms with Crippen molar-refractivity contribution < 1.29 is 9.53 Å². The molecule has 2 rings (SSSR count). The highest BCUT2D eigenvalue weighted by molar-refractivity contribution is 5.84. The summed E-state index contributed by atoms with van der Waals surface area (Å²) in [6, 6.07) is 14.1. The number of carbonyl (C=O) groups is 1. The van der Waals surface area contributed by atoms with Gasteiger partial charge in [-0.3, -0.25) is 4.79 Å². The van der Waals surface area contributed by atoms with Crippen molar-refractivity contribution in [2.45, 2.75) is 52.6 Å². The monoisotopic (exact) mass is 327 g/mol. The predicted molar refractivity (Wildman–Crippen MR) is 100 cm³/mol. The van der Waals surface area contributed by atoms with E-state index in [4.69, 9.17) is 4.74 Å². The highest BCUT2D eigenvalue weighted by Crippen LogP contribution is 2.21. The topological polar surface area (TPSA) is 38.3 Å². The van der Waals surface area contributed by atoms with Gasteiger partial charge in [-0.2, -0.15) is 0 Å². The minimum Gasteiger partial charge on any atom is -0.481 e. The summed E-state index contributed by atoms with van der Waals surface area (Å²) in [5, 5.41) is 5.32. The lowest BCUT2D eigenvalue weighted by atomic mass is 9.99. The van der Waals surface area contributed by atoms with Gasteiger partial charge in [-0.1, -0.05) is 63.4 Å². The molecule has 0 radical (unpaired) electrons. The van der Waals surface area contributed by atoms with E-state index in [0.29, 0.717) is 5.92 Å². The first-order valence-electron chi connectivity index (χ1n) is 9.07. The molecule has 2 atom stereocenters. The molecule has 3 heteroatoms. The lowest BCUT2D eigenvalue weighted by Crippen LogP contribution is -2.38. The molecule has 130 valence electrons. The smallest absolute Gasteiger partial charge is 0.260 e. The molecule has 2 aromatic rings. The van der Waals surface area contributed by atoms with Crippen LogP contribution in [0.5, 0.6) is 5.75 Å². The number of unbranched alkanes of at least 4 members (excludes halogenated alkanes) is 1. The predicted octanol–water partition coefficient (Wildman–Crippen LogP) is 4.94. The summed E-state index contributed by atoms with van der Waals surface area (Å²) in [4.78, 5) is 12.3. The summed E-state index contributed by atoms with van der Waals surface area (Å²) in [7, 11) is 0. The normalized spacial score (nSPS) is 13.5. The van der Waals surface area contributed by atoms with Crippen LogP contribution in [0.15, 0.2) is 42.5 Å². The zero-order valence-corrected chi connectivity index (χ0v) is 15.0. The average Bonchev–Trinajstić information content (AvgIpc) is 2.61. The number of ether oxygens (including phenoxy) is 1. The lowest BCUT2D eigenvalue weighted by Gasteiger charge is -2.18. The molecule has 0 unspecified atom stereocenters. The molecule has 0 saturated heterocycles. The maximum absolute atomic E-state index is 12.3. The first kappa shape index (κ1) is 18.3. The van der Waals surface area contributed by atoms with E-state index >= 15 is 0 Å². The molecule has 24 heavy (non-hydrogen) atoms. The molecule has 0 aliphatic rings. The van der Waals surface area contributed by atoms with Gasteiger partial charge in [0.2, 0.25) is 0 Å². The van der Waals surface area contributed by atoms with Gasteiger partial charge in [0, 0.05) is 6.54 Å². The number of carbonyl (C=O) groups excluding carboxylic acids is 1. The van der Waals surface area contributed by atoms with E-state index in [1.165, 1.54) is 24.6 Å². The van der Waals surface area contributed by atoms with Crippen LogP contribution in [0, 0.1) is 5.92 Å². The average molecular weight is 327 g/mol. The van der Waals surface area contributed by atoms with Crippen molar-refractivity contribution in [2.24, 2.45) is 5.92 Å². The first-order valence-corrected chi connectivity index (χ1v) is 9.07. The second-order valence-corrected chi connectivity index (χ2v) is 6.43. The van der Waals surface area contributed by atoms with Gasteiger partial charge < -0.3 is 10.1 Å². The van der Waals surface area contributed by atoms with Crippen LogP contribution in [-0.4, -0.2) is 18.6 Å². The number of hydrogen-bond acceptors (Lipinski definition) is 2. The Balaban J connectivity index is 1.88. The summed E-state index contributed by atoms with van der Waals surface area (Å²) in [6.07, 6.45) is 4.20. The molecule has 3 nitrogen and oxygen atoms in total. The third-order valence-corrected chi connectivity index (χ3v) is 4.51. The number of fused-ring (bicyclic) bond motifs is 1. The molecule has 0 fully saturated rings. The first-order chi connectivity index (χ1) is 11.6. The van der Waals surface area contributed by atoms with E-state index in [0.717, 1.165) is 24.1 Å². The second-order valence-electron chi connectivity index (χ2n) is 6.43. The molecule has 2 aromatic carbocycles. The summed E-state index contributed by atoms with van der Waals surface area (Å²) >= 11 is 0. The van der Waals surface area contributed by atoms with Gasteiger partial charge in [0.05, 0.1) is 0 Å². The third-order valence-electron chi connectivity index (χ3n) is 4.51. The molecule has 1 amide bonds. The number of amides is 1. The zero-order chi connectivity index (χ0) is 17.4. The van der Waals surface area contributed by atoms with Crippen LogP contribution in [0.2, 0.25) is 0 Å².